The average molecular weight is 407 g/mol. The predicted molar refractivity (Wildman–Crippen MR) is 110 cm³/mol. The van der Waals surface area contributed by atoms with Crippen molar-refractivity contribution in [1.82, 2.24) is 14.5 Å². The lowest BCUT2D eigenvalue weighted by Crippen LogP contribution is -2.24. The molecule has 0 aliphatic carbocycles. The van der Waals surface area contributed by atoms with Gasteiger partial charge >= 0.3 is 5.69 Å². The molecule has 0 N–H and O–H groups in total. The standard InChI is InChI=1S/C23H19F2N3O2/c1-13(2)18-9-4-6-14(3)20(18)28-21-15(12-26-23(28)29)10-19(25)22(27-21)30-17-8-5-7-16(24)11-17/h4-13H,1-3H3. The number of pyridine rings is 1. The SMILES string of the molecule is Cc1cccc(C(C)C)c1-n1c(=O)ncc2cc(F)c(Oc3cccc(F)c3)nc21. The van der Waals surface area contributed by atoms with Gasteiger partial charge in [0.1, 0.15) is 11.6 Å². The van der Waals surface area contributed by atoms with E-state index in [-0.39, 0.29) is 23.2 Å². The molecule has 5 nitrogen and oxygen atoms in total. The number of aromatic nitrogens is 3. The summed E-state index contributed by atoms with van der Waals surface area (Å²) in [7, 11) is 0. The predicted octanol–water partition coefficient (Wildman–Crippen LogP) is 5.28. The number of halogens is 2. The lowest BCUT2D eigenvalue weighted by Gasteiger charge is -2.18. The molecular weight excluding hydrogens is 388 g/mol. The maximum Gasteiger partial charge on any atom is 0.353 e. The number of benzene rings is 2. The van der Waals surface area contributed by atoms with Gasteiger partial charge in [0.15, 0.2) is 11.5 Å². The van der Waals surface area contributed by atoms with Gasteiger partial charge in [-0.25, -0.2) is 23.1 Å². The van der Waals surface area contributed by atoms with E-state index in [4.69, 9.17) is 4.74 Å². The molecule has 0 aliphatic rings. The molecule has 0 atom stereocenters. The van der Waals surface area contributed by atoms with Crippen LogP contribution in [0, 0.1) is 18.6 Å². The van der Waals surface area contributed by atoms with Crippen molar-refractivity contribution in [3.8, 4) is 17.3 Å². The van der Waals surface area contributed by atoms with E-state index in [1.807, 2.05) is 39.0 Å². The Bertz CT molecular complexity index is 1320. The molecule has 152 valence electrons. The Morgan fingerprint density at radius 1 is 1.07 bits per heavy atom. The molecular formula is C23H19F2N3O2. The summed E-state index contributed by atoms with van der Waals surface area (Å²) in [5.74, 6) is -1.39. The van der Waals surface area contributed by atoms with Gasteiger partial charge in [0.25, 0.3) is 5.88 Å². The van der Waals surface area contributed by atoms with Crippen molar-refractivity contribution in [3.63, 3.8) is 0 Å². The fourth-order valence-corrected chi connectivity index (χ4v) is 3.39. The number of rotatable bonds is 4. The van der Waals surface area contributed by atoms with Crippen molar-refractivity contribution in [2.75, 3.05) is 0 Å². The number of ether oxygens (including phenoxy) is 1. The normalized spacial score (nSPS) is 11.3. The highest BCUT2D eigenvalue weighted by atomic mass is 19.1. The van der Waals surface area contributed by atoms with Crippen molar-refractivity contribution in [2.45, 2.75) is 26.7 Å². The van der Waals surface area contributed by atoms with Crippen LogP contribution in [0.25, 0.3) is 16.7 Å². The largest absolute Gasteiger partial charge is 0.436 e. The zero-order chi connectivity index (χ0) is 21.4. The van der Waals surface area contributed by atoms with Gasteiger partial charge < -0.3 is 4.74 Å². The third kappa shape index (κ3) is 3.54. The summed E-state index contributed by atoms with van der Waals surface area (Å²) in [5, 5.41) is 0.344. The molecule has 2 aromatic heterocycles. The highest BCUT2D eigenvalue weighted by Gasteiger charge is 2.19. The van der Waals surface area contributed by atoms with E-state index in [1.54, 1.807) is 0 Å². The first-order chi connectivity index (χ1) is 14.3. The summed E-state index contributed by atoms with van der Waals surface area (Å²) in [6.07, 6.45) is 1.28. The summed E-state index contributed by atoms with van der Waals surface area (Å²) < 4.78 is 35.0. The molecule has 0 radical (unpaired) electrons. The van der Waals surface area contributed by atoms with Gasteiger partial charge in [0.2, 0.25) is 0 Å². The number of fused-ring (bicyclic) bond motifs is 1. The number of hydrogen-bond donors (Lipinski definition) is 0. The third-order valence-corrected chi connectivity index (χ3v) is 4.79. The maximum atomic E-state index is 14.6. The molecule has 0 unspecified atom stereocenters. The first-order valence-corrected chi connectivity index (χ1v) is 9.46. The van der Waals surface area contributed by atoms with Gasteiger partial charge in [-0.1, -0.05) is 38.1 Å². The quantitative estimate of drug-likeness (QED) is 0.462. The zero-order valence-electron chi connectivity index (χ0n) is 16.7. The highest BCUT2D eigenvalue weighted by molar-refractivity contribution is 5.77. The van der Waals surface area contributed by atoms with E-state index in [2.05, 4.69) is 9.97 Å². The summed E-state index contributed by atoms with van der Waals surface area (Å²) in [4.78, 5) is 21.0. The summed E-state index contributed by atoms with van der Waals surface area (Å²) in [6, 6.07) is 12.3. The minimum absolute atomic E-state index is 0.0995. The molecule has 7 heteroatoms. The minimum Gasteiger partial charge on any atom is -0.436 e. The van der Waals surface area contributed by atoms with Crippen LogP contribution in [0.15, 0.2) is 59.5 Å². The molecule has 0 fully saturated rings. The molecule has 0 bridgehead atoms. The van der Waals surface area contributed by atoms with E-state index < -0.39 is 17.3 Å². The van der Waals surface area contributed by atoms with Gasteiger partial charge in [-0.15, -0.1) is 0 Å². The Kier molecular flexibility index (Phi) is 5.03. The molecule has 2 heterocycles. The number of hydrogen-bond acceptors (Lipinski definition) is 4. The fraction of sp³-hybridized carbons (Fsp3) is 0.174. The molecule has 2 aromatic carbocycles. The Morgan fingerprint density at radius 2 is 1.83 bits per heavy atom. The second-order valence-electron chi connectivity index (χ2n) is 7.29. The average Bonchev–Trinajstić information content (AvgIpc) is 2.69. The van der Waals surface area contributed by atoms with Crippen LogP contribution in [0.5, 0.6) is 11.6 Å². The van der Waals surface area contributed by atoms with Crippen LogP contribution in [-0.4, -0.2) is 14.5 Å². The molecule has 0 spiro atoms. The van der Waals surface area contributed by atoms with Crippen LogP contribution < -0.4 is 10.4 Å². The van der Waals surface area contributed by atoms with Gasteiger partial charge in [0, 0.05) is 17.6 Å². The van der Waals surface area contributed by atoms with Crippen molar-refractivity contribution in [1.29, 1.82) is 0 Å². The molecule has 4 rings (SSSR count). The monoisotopic (exact) mass is 407 g/mol. The first-order valence-electron chi connectivity index (χ1n) is 9.46. The zero-order valence-corrected chi connectivity index (χ0v) is 16.7. The van der Waals surface area contributed by atoms with Gasteiger partial charge in [-0.05, 0) is 42.2 Å². The fourth-order valence-electron chi connectivity index (χ4n) is 3.39. The first kappa shape index (κ1) is 19.7. The maximum absolute atomic E-state index is 14.6. The van der Waals surface area contributed by atoms with Crippen LogP contribution >= 0.6 is 0 Å². The Morgan fingerprint density at radius 3 is 2.57 bits per heavy atom. The van der Waals surface area contributed by atoms with Crippen LogP contribution in [0.1, 0.15) is 30.9 Å². The van der Waals surface area contributed by atoms with Crippen molar-refractivity contribution < 1.29 is 13.5 Å². The summed E-state index contributed by atoms with van der Waals surface area (Å²) in [5.41, 5.74) is 2.13. The van der Waals surface area contributed by atoms with Gasteiger partial charge in [0.05, 0.1) is 5.69 Å². The summed E-state index contributed by atoms with van der Waals surface area (Å²) >= 11 is 0. The topological polar surface area (TPSA) is 57.0 Å². The van der Waals surface area contributed by atoms with E-state index in [1.165, 1.54) is 35.0 Å². The van der Waals surface area contributed by atoms with E-state index in [9.17, 15) is 13.6 Å². The van der Waals surface area contributed by atoms with Gasteiger partial charge in [-0.3, -0.25) is 0 Å². The molecule has 0 saturated heterocycles. The smallest absolute Gasteiger partial charge is 0.353 e. The lowest BCUT2D eigenvalue weighted by atomic mass is 9.98. The van der Waals surface area contributed by atoms with Crippen molar-refractivity contribution in [2.24, 2.45) is 0 Å². The van der Waals surface area contributed by atoms with Gasteiger partial charge in [-0.2, -0.15) is 4.98 Å². The third-order valence-electron chi connectivity index (χ3n) is 4.79. The Labute approximate surface area is 171 Å². The number of nitrogens with zero attached hydrogens (tertiary/aromatic N) is 3. The number of para-hydroxylation sites is 1. The molecule has 30 heavy (non-hydrogen) atoms. The van der Waals surface area contributed by atoms with Crippen LogP contribution in [-0.2, 0) is 0 Å². The molecule has 0 aliphatic heterocycles. The molecule has 0 amide bonds. The minimum atomic E-state index is -0.743. The molecule has 0 saturated carbocycles. The van der Waals surface area contributed by atoms with E-state index in [0.29, 0.717) is 11.1 Å². The van der Waals surface area contributed by atoms with Crippen LogP contribution in [0.4, 0.5) is 8.78 Å². The Balaban J connectivity index is 1.98. The number of aryl methyl sites for hydroxylation is 1. The molecule has 4 aromatic rings. The Hall–Kier alpha value is -3.61. The highest BCUT2D eigenvalue weighted by Crippen LogP contribution is 2.30. The van der Waals surface area contributed by atoms with E-state index in [0.717, 1.165) is 17.2 Å². The lowest BCUT2D eigenvalue weighted by molar-refractivity contribution is 0.421. The van der Waals surface area contributed by atoms with Crippen LogP contribution in [0.3, 0.4) is 0 Å². The second kappa shape index (κ2) is 7.67. The van der Waals surface area contributed by atoms with E-state index >= 15 is 0 Å². The van der Waals surface area contributed by atoms with Crippen molar-refractivity contribution >= 4 is 11.0 Å². The summed E-state index contributed by atoms with van der Waals surface area (Å²) in [6.45, 7) is 5.93. The second-order valence-corrected chi connectivity index (χ2v) is 7.29. The van der Waals surface area contributed by atoms with Crippen LogP contribution in [0.2, 0.25) is 0 Å². The van der Waals surface area contributed by atoms with Crippen molar-refractivity contribution in [3.05, 3.63) is 88.0 Å².